The number of quaternary nitrogens is 1. The predicted octanol–water partition coefficient (Wildman–Crippen LogP) is 2.57. The minimum Gasteiger partial charge on any atom is -0.321 e. The summed E-state index contributed by atoms with van der Waals surface area (Å²) in [6, 6.07) is 10.6. The molecule has 0 saturated heterocycles. The van der Waals surface area contributed by atoms with Crippen LogP contribution in [0.2, 0.25) is 5.02 Å². The van der Waals surface area contributed by atoms with Crippen LogP contribution < -0.4 is 10.2 Å². The number of anilines is 1. The van der Waals surface area contributed by atoms with Gasteiger partial charge in [-0.2, -0.15) is 0 Å². The molecular formula is C18H18ClFN3O3+. The number of carbonyl (C=O) groups is 1. The topological polar surface area (TPSA) is 76.7 Å². The van der Waals surface area contributed by atoms with Gasteiger partial charge in [0.1, 0.15) is 18.0 Å². The van der Waals surface area contributed by atoms with Crippen LogP contribution in [-0.4, -0.2) is 23.4 Å². The Morgan fingerprint density at radius 2 is 1.96 bits per heavy atom. The number of nitro benzene ring substituents is 1. The molecule has 3 rings (SSSR count). The van der Waals surface area contributed by atoms with Crippen molar-refractivity contribution in [3.05, 3.63) is 69.0 Å². The summed E-state index contributed by atoms with van der Waals surface area (Å²) in [6.45, 7) is 0.766. The first-order valence-electron chi connectivity index (χ1n) is 8.25. The van der Waals surface area contributed by atoms with Gasteiger partial charge in [-0.1, -0.05) is 23.7 Å². The summed E-state index contributed by atoms with van der Waals surface area (Å²) in [6.07, 6.45) is 2.06. The number of rotatable bonds is 7. The van der Waals surface area contributed by atoms with E-state index in [1.807, 2.05) is 0 Å². The van der Waals surface area contributed by atoms with Gasteiger partial charge < -0.3 is 10.2 Å². The highest BCUT2D eigenvalue weighted by Crippen LogP contribution is 2.27. The molecule has 6 nitrogen and oxygen atoms in total. The lowest BCUT2D eigenvalue weighted by Crippen LogP contribution is -3.13. The fourth-order valence-electron chi connectivity index (χ4n) is 2.88. The fourth-order valence-corrected chi connectivity index (χ4v) is 3.05. The third kappa shape index (κ3) is 4.77. The van der Waals surface area contributed by atoms with Gasteiger partial charge in [-0.25, -0.2) is 4.39 Å². The molecule has 1 unspecified atom stereocenters. The fraction of sp³-hybridized carbons (Fsp3) is 0.278. The Morgan fingerprint density at radius 1 is 1.27 bits per heavy atom. The molecule has 2 N–H and O–H groups in total. The number of hydrogen-bond acceptors (Lipinski definition) is 3. The summed E-state index contributed by atoms with van der Waals surface area (Å²) in [5.74, 6) is -0.618. The Hall–Kier alpha value is -2.51. The van der Waals surface area contributed by atoms with E-state index in [1.54, 1.807) is 12.1 Å². The molecule has 0 aliphatic heterocycles. The molecule has 1 atom stereocenters. The average molecular weight is 379 g/mol. The highest BCUT2D eigenvalue weighted by molar-refractivity contribution is 6.31. The molecule has 0 radical (unpaired) electrons. The van der Waals surface area contributed by atoms with Gasteiger partial charge >= 0.3 is 0 Å². The van der Waals surface area contributed by atoms with Gasteiger partial charge in [-0.3, -0.25) is 14.9 Å². The number of carbonyl (C=O) groups excluding carboxylic acids is 1. The second-order valence-electron chi connectivity index (χ2n) is 6.38. The number of amides is 1. The molecule has 136 valence electrons. The number of benzene rings is 2. The van der Waals surface area contributed by atoms with Gasteiger partial charge in [-0.15, -0.1) is 0 Å². The van der Waals surface area contributed by atoms with E-state index < -0.39 is 4.92 Å². The first kappa shape index (κ1) is 18.3. The maximum absolute atomic E-state index is 13.0. The lowest BCUT2D eigenvalue weighted by molar-refractivity contribution is -0.916. The van der Waals surface area contributed by atoms with E-state index in [0.29, 0.717) is 17.6 Å². The predicted molar refractivity (Wildman–Crippen MR) is 95.7 cm³/mol. The van der Waals surface area contributed by atoms with Gasteiger partial charge in [0.15, 0.2) is 6.54 Å². The zero-order valence-corrected chi connectivity index (χ0v) is 14.6. The van der Waals surface area contributed by atoms with E-state index in [2.05, 4.69) is 5.32 Å². The van der Waals surface area contributed by atoms with Crippen LogP contribution in [0.4, 0.5) is 15.8 Å². The number of hydrogen-bond donors (Lipinski definition) is 2. The monoisotopic (exact) mass is 378 g/mol. The van der Waals surface area contributed by atoms with Gasteiger partial charge in [0.2, 0.25) is 0 Å². The Morgan fingerprint density at radius 3 is 2.58 bits per heavy atom. The highest BCUT2D eigenvalue weighted by Gasteiger charge is 2.34. The molecule has 1 amide bonds. The van der Waals surface area contributed by atoms with Crippen LogP contribution in [0.1, 0.15) is 18.4 Å². The first-order valence-corrected chi connectivity index (χ1v) is 8.63. The number of nitrogens with zero attached hydrogens (tertiary/aromatic N) is 1. The van der Waals surface area contributed by atoms with E-state index in [9.17, 15) is 19.3 Å². The summed E-state index contributed by atoms with van der Waals surface area (Å²) in [7, 11) is 0. The van der Waals surface area contributed by atoms with Gasteiger partial charge in [0, 0.05) is 29.5 Å². The minimum absolute atomic E-state index is 0.0874. The molecule has 2 aromatic rings. The maximum atomic E-state index is 13.0. The van der Waals surface area contributed by atoms with Gasteiger partial charge in [0.05, 0.1) is 11.0 Å². The van der Waals surface area contributed by atoms with Crippen LogP contribution in [0.5, 0.6) is 0 Å². The van der Waals surface area contributed by atoms with Crippen molar-refractivity contribution in [2.45, 2.75) is 25.4 Å². The summed E-state index contributed by atoms with van der Waals surface area (Å²) in [4.78, 5) is 24.0. The third-order valence-electron chi connectivity index (χ3n) is 4.32. The lowest BCUT2D eigenvalue weighted by atomic mass is 10.2. The Kier molecular flexibility index (Phi) is 5.49. The van der Waals surface area contributed by atoms with E-state index >= 15 is 0 Å². The smallest absolute Gasteiger partial charge is 0.292 e. The van der Waals surface area contributed by atoms with Gasteiger partial charge in [0.25, 0.3) is 11.6 Å². The van der Waals surface area contributed by atoms with Crippen molar-refractivity contribution < 1.29 is 19.0 Å². The maximum Gasteiger partial charge on any atom is 0.292 e. The number of nitro groups is 1. The third-order valence-corrected chi connectivity index (χ3v) is 4.55. The second kappa shape index (κ2) is 7.80. The summed E-state index contributed by atoms with van der Waals surface area (Å²) in [5, 5.41) is 14.0. The van der Waals surface area contributed by atoms with Crippen LogP contribution in [0.15, 0.2) is 42.5 Å². The summed E-state index contributed by atoms with van der Waals surface area (Å²) < 4.78 is 13.0. The largest absolute Gasteiger partial charge is 0.321 e. The molecule has 2 aromatic carbocycles. The highest BCUT2D eigenvalue weighted by atomic mass is 35.5. The molecule has 1 aliphatic carbocycles. The normalized spacial score (nSPS) is 14.7. The summed E-state index contributed by atoms with van der Waals surface area (Å²) >= 11 is 5.88. The van der Waals surface area contributed by atoms with Crippen LogP contribution >= 0.6 is 11.6 Å². The first-order chi connectivity index (χ1) is 12.4. The van der Waals surface area contributed by atoms with Crippen molar-refractivity contribution >= 4 is 28.9 Å². The molecule has 1 fully saturated rings. The second-order valence-corrected chi connectivity index (χ2v) is 6.82. The van der Waals surface area contributed by atoms with Crippen LogP contribution in [0, 0.1) is 15.9 Å². The van der Waals surface area contributed by atoms with E-state index in [4.69, 9.17) is 11.6 Å². The molecule has 0 aromatic heterocycles. The zero-order chi connectivity index (χ0) is 18.7. The number of nitrogens with one attached hydrogen (secondary N) is 2. The molecular weight excluding hydrogens is 361 g/mol. The van der Waals surface area contributed by atoms with E-state index in [-0.39, 0.29) is 29.6 Å². The van der Waals surface area contributed by atoms with Crippen molar-refractivity contribution in [2.24, 2.45) is 0 Å². The van der Waals surface area contributed by atoms with E-state index in [1.165, 1.54) is 30.3 Å². The standard InChI is InChI=1S/C18H17ClFN3O3/c19-13-3-8-17(23(25)26)16(9-13)21-18(24)11-22(15-6-7-15)10-12-1-4-14(20)5-2-12/h1-5,8-9,15H,6-7,10-11H2,(H,21,24)/p+1. The quantitative estimate of drug-likeness (QED) is 0.574. The molecule has 26 heavy (non-hydrogen) atoms. The van der Waals surface area contributed by atoms with E-state index in [0.717, 1.165) is 23.3 Å². The van der Waals surface area contributed by atoms with Crippen LogP contribution in [-0.2, 0) is 11.3 Å². The molecule has 0 bridgehead atoms. The van der Waals surface area contributed by atoms with Crippen molar-refractivity contribution in [2.75, 3.05) is 11.9 Å². The summed E-state index contributed by atoms with van der Waals surface area (Å²) in [5.41, 5.74) is 0.827. The van der Waals surface area contributed by atoms with Crippen LogP contribution in [0.25, 0.3) is 0 Å². The molecule has 0 spiro atoms. The Balaban J connectivity index is 1.68. The minimum atomic E-state index is -0.560. The van der Waals surface area contributed by atoms with Crippen molar-refractivity contribution in [1.29, 1.82) is 0 Å². The van der Waals surface area contributed by atoms with Crippen molar-refractivity contribution in [3.8, 4) is 0 Å². The Bertz CT molecular complexity index is 825. The van der Waals surface area contributed by atoms with Crippen LogP contribution in [0.3, 0.4) is 0 Å². The SMILES string of the molecule is O=C(C[NH+](Cc1ccc(F)cc1)C1CC1)Nc1cc(Cl)ccc1[N+](=O)[O-]. The Labute approximate surface area is 154 Å². The molecule has 0 heterocycles. The number of halogens is 2. The molecule has 8 heteroatoms. The average Bonchev–Trinajstić information content (AvgIpc) is 3.41. The molecule has 1 saturated carbocycles. The zero-order valence-electron chi connectivity index (χ0n) is 13.9. The van der Waals surface area contributed by atoms with Crippen molar-refractivity contribution in [1.82, 2.24) is 0 Å². The molecule has 1 aliphatic rings. The van der Waals surface area contributed by atoms with Crippen molar-refractivity contribution in [3.63, 3.8) is 0 Å². The van der Waals surface area contributed by atoms with Gasteiger partial charge in [-0.05, 0) is 24.3 Å². The lowest BCUT2D eigenvalue weighted by Gasteiger charge is -2.19.